The van der Waals surface area contributed by atoms with Crippen LogP contribution in [-0.2, 0) is 9.53 Å². The molecule has 0 radical (unpaired) electrons. The summed E-state index contributed by atoms with van der Waals surface area (Å²) in [5, 5.41) is 0.242. The SMILES string of the molecule is CC(=Nc1c(-c2ccc(Cl)cc2F)nc(N2CCOC3(CC3)C2)c(F)c1C)N(C)C=O. The van der Waals surface area contributed by atoms with Gasteiger partial charge in [0.2, 0.25) is 6.41 Å². The van der Waals surface area contributed by atoms with Crippen molar-refractivity contribution in [2.24, 2.45) is 4.99 Å². The van der Waals surface area contributed by atoms with E-state index >= 15 is 4.39 Å². The van der Waals surface area contributed by atoms with E-state index in [1.165, 1.54) is 24.1 Å². The largest absolute Gasteiger partial charge is 0.371 e. The zero-order valence-electron chi connectivity index (χ0n) is 17.6. The lowest BCUT2D eigenvalue weighted by atomic mass is 10.0. The van der Waals surface area contributed by atoms with Crippen molar-refractivity contribution in [3.63, 3.8) is 0 Å². The number of rotatable bonds is 4. The number of benzene rings is 1. The Morgan fingerprint density at radius 1 is 1.39 bits per heavy atom. The number of carbonyl (C=O) groups is 1. The highest BCUT2D eigenvalue weighted by Gasteiger charge is 2.48. The zero-order valence-corrected chi connectivity index (χ0v) is 18.3. The number of hydrogen-bond acceptors (Lipinski definition) is 5. The molecule has 2 heterocycles. The van der Waals surface area contributed by atoms with E-state index in [-0.39, 0.29) is 38.9 Å². The molecule has 1 aromatic heterocycles. The first-order valence-electron chi connectivity index (χ1n) is 10.0. The molecule has 31 heavy (non-hydrogen) atoms. The summed E-state index contributed by atoms with van der Waals surface area (Å²) in [6.45, 7) is 4.70. The molecule has 1 spiro atoms. The fourth-order valence-corrected chi connectivity index (χ4v) is 3.82. The van der Waals surface area contributed by atoms with E-state index in [4.69, 9.17) is 16.3 Å². The highest BCUT2D eigenvalue weighted by atomic mass is 35.5. The number of nitrogens with zero attached hydrogens (tertiary/aromatic N) is 4. The summed E-state index contributed by atoms with van der Waals surface area (Å²) in [5.41, 5.74) is 0.514. The molecule has 0 N–H and O–H groups in total. The van der Waals surface area contributed by atoms with Crippen LogP contribution in [0.3, 0.4) is 0 Å². The molecule has 1 saturated carbocycles. The lowest BCUT2D eigenvalue weighted by molar-refractivity contribution is -0.114. The van der Waals surface area contributed by atoms with Gasteiger partial charge in [-0.2, -0.15) is 0 Å². The molecule has 1 aromatic carbocycles. The molecule has 1 amide bonds. The smallest absolute Gasteiger partial charge is 0.214 e. The molecule has 2 fully saturated rings. The number of morpholine rings is 1. The number of aliphatic imine (C=N–C) groups is 1. The van der Waals surface area contributed by atoms with Crippen LogP contribution in [-0.4, -0.2) is 54.5 Å². The van der Waals surface area contributed by atoms with E-state index in [0.717, 1.165) is 12.8 Å². The van der Waals surface area contributed by atoms with Gasteiger partial charge in [-0.05, 0) is 44.9 Å². The molecule has 1 aliphatic heterocycles. The second kappa shape index (κ2) is 8.16. The lowest BCUT2D eigenvalue weighted by Gasteiger charge is -2.34. The van der Waals surface area contributed by atoms with Crippen LogP contribution in [0.1, 0.15) is 25.3 Å². The summed E-state index contributed by atoms with van der Waals surface area (Å²) in [6.07, 6.45) is 2.46. The Hall–Kier alpha value is -2.58. The fourth-order valence-electron chi connectivity index (χ4n) is 3.66. The standard InChI is InChI=1S/C22H23ClF2N4O2/c1-13-18(25)21(29-8-9-31-22(11-29)6-7-22)27-20(16-5-4-15(23)10-17(16)24)19(13)26-14(2)28(3)12-30/h4-5,10,12H,6-9,11H2,1-3H3. The third-order valence-corrected chi connectivity index (χ3v) is 6.04. The Morgan fingerprint density at radius 3 is 2.77 bits per heavy atom. The van der Waals surface area contributed by atoms with E-state index < -0.39 is 11.6 Å². The average molecular weight is 449 g/mol. The molecule has 0 atom stereocenters. The van der Waals surface area contributed by atoms with Crippen LogP contribution in [0.5, 0.6) is 0 Å². The fraction of sp³-hybridized carbons (Fsp3) is 0.409. The number of amides is 1. The van der Waals surface area contributed by atoms with Gasteiger partial charge in [-0.1, -0.05) is 11.6 Å². The van der Waals surface area contributed by atoms with Gasteiger partial charge in [0, 0.05) is 36.3 Å². The van der Waals surface area contributed by atoms with Crippen LogP contribution >= 0.6 is 11.6 Å². The van der Waals surface area contributed by atoms with Crippen molar-refractivity contribution in [3.8, 4) is 11.3 Å². The Bertz CT molecular complexity index is 1070. The predicted molar refractivity (Wildman–Crippen MR) is 116 cm³/mol. The highest BCUT2D eigenvalue weighted by molar-refractivity contribution is 6.30. The lowest BCUT2D eigenvalue weighted by Crippen LogP contribution is -2.44. The number of amidine groups is 1. The first-order chi connectivity index (χ1) is 14.7. The molecule has 6 nitrogen and oxygen atoms in total. The van der Waals surface area contributed by atoms with Crippen molar-refractivity contribution < 1.29 is 18.3 Å². The summed E-state index contributed by atoms with van der Waals surface area (Å²) in [7, 11) is 1.53. The quantitative estimate of drug-likeness (QED) is 0.392. The number of pyridine rings is 1. The van der Waals surface area contributed by atoms with Crippen molar-refractivity contribution in [2.45, 2.75) is 32.3 Å². The normalized spacial score (nSPS) is 17.7. The number of hydrogen-bond donors (Lipinski definition) is 0. The summed E-state index contributed by atoms with van der Waals surface area (Å²) >= 11 is 5.92. The van der Waals surface area contributed by atoms with E-state index in [2.05, 4.69) is 9.98 Å². The first kappa shape index (κ1) is 21.6. The van der Waals surface area contributed by atoms with Crippen molar-refractivity contribution >= 4 is 35.4 Å². The van der Waals surface area contributed by atoms with E-state index in [1.54, 1.807) is 19.9 Å². The molecule has 1 saturated heterocycles. The minimum absolute atomic E-state index is 0.150. The monoisotopic (exact) mass is 448 g/mol. The molecule has 164 valence electrons. The van der Waals surface area contributed by atoms with Crippen LogP contribution in [0.25, 0.3) is 11.3 Å². The Morgan fingerprint density at radius 2 is 2.13 bits per heavy atom. The van der Waals surface area contributed by atoms with E-state index in [9.17, 15) is 9.18 Å². The molecular weight excluding hydrogens is 426 g/mol. The second-order valence-corrected chi connectivity index (χ2v) is 8.46. The van der Waals surface area contributed by atoms with Gasteiger partial charge in [0.05, 0.1) is 17.9 Å². The molecule has 0 bridgehead atoms. The van der Waals surface area contributed by atoms with Gasteiger partial charge in [0.25, 0.3) is 0 Å². The summed E-state index contributed by atoms with van der Waals surface area (Å²) in [4.78, 5) is 23.2. The zero-order chi connectivity index (χ0) is 22.3. The molecule has 1 aliphatic carbocycles. The average Bonchev–Trinajstić information content (AvgIpc) is 3.49. The maximum absolute atomic E-state index is 15.5. The van der Waals surface area contributed by atoms with Gasteiger partial charge in [-0.3, -0.25) is 4.79 Å². The second-order valence-electron chi connectivity index (χ2n) is 8.02. The predicted octanol–water partition coefficient (Wildman–Crippen LogP) is 4.50. The maximum atomic E-state index is 15.5. The van der Waals surface area contributed by atoms with Gasteiger partial charge >= 0.3 is 0 Å². The Labute approximate surface area is 184 Å². The van der Waals surface area contributed by atoms with Crippen molar-refractivity contribution in [1.29, 1.82) is 0 Å². The molecule has 2 aromatic rings. The number of aromatic nitrogens is 1. The van der Waals surface area contributed by atoms with Gasteiger partial charge in [-0.25, -0.2) is 18.8 Å². The van der Waals surface area contributed by atoms with Gasteiger partial charge in [-0.15, -0.1) is 0 Å². The van der Waals surface area contributed by atoms with Gasteiger partial charge in [0.1, 0.15) is 17.3 Å². The summed E-state index contributed by atoms with van der Waals surface area (Å²) in [5.74, 6) is -0.630. The van der Waals surface area contributed by atoms with Gasteiger partial charge < -0.3 is 14.5 Å². The van der Waals surface area contributed by atoms with E-state index in [1.807, 2.05) is 4.90 Å². The first-order valence-corrected chi connectivity index (χ1v) is 10.4. The van der Waals surface area contributed by atoms with Crippen molar-refractivity contribution in [1.82, 2.24) is 9.88 Å². The topological polar surface area (TPSA) is 58.0 Å². The van der Waals surface area contributed by atoms with Crippen LogP contribution in [0.4, 0.5) is 20.3 Å². The van der Waals surface area contributed by atoms with Crippen LogP contribution < -0.4 is 4.90 Å². The highest BCUT2D eigenvalue weighted by Crippen LogP contribution is 2.44. The maximum Gasteiger partial charge on any atom is 0.214 e. The summed E-state index contributed by atoms with van der Waals surface area (Å²) < 4.78 is 36.2. The van der Waals surface area contributed by atoms with Gasteiger partial charge in [0.15, 0.2) is 11.6 Å². The number of anilines is 1. The number of ether oxygens (including phenoxy) is 1. The van der Waals surface area contributed by atoms with Crippen LogP contribution in [0.2, 0.25) is 5.02 Å². The van der Waals surface area contributed by atoms with Crippen molar-refractivity contribution in [3.05, 3.63) is 40.4 Å². The summed E-state index contributed by atoms with van der Waals surface area (Å²) in [6, 6.07) is 4.23. The third-order valence-electron chi connectivity index (χ3n) is 5.81. The third kappa shape index (κ3) is 4.14. The Balaban J connectivity index is 1.90. The number of halogens is 3. The Kier molecular flexibility index (Phi) is 5.70. The number of carbonyl (C=O) groups excluding carboxylic acids is 1. The molecule has 0 unspecified atom stereocenters. The molecular formula is C22H23ClF2N4O2. The van der Waals surface area contributed by atoms with Crippen LogP contribution in [0, 0.1) is 18.6 Å². The minimum Gasteiger partial charge on any atom is -0.371 e. The van der Waals surface area contributed by atoms with E-state index in [0.29, 0.717) is 31.9 Å². The molecule has 9 heteroatoms. The molecule has 2 aliphatic rings. The van der Waals surface area contributed by atoms with Crippen LogP contribution in [0.15, 0.2) is 23.2 Å². The molecule has 4 rings (SSSR count). The minimum atomic E-state index is -0.588. The van der Waals surface area contributed by atoms with Crippen molar-refractivity contribution in [2.75, 3.05) is 31.6 Å².